The minimum Gasteiger partial charge on any atom is -0.480 e. The van der Waals surface area contributed by atoms with Crippen LogP contribution in [0, 0.1) is 5.92 Å². The molecule has 0 unspecified atom stereocenters. The molecule has 210 valence electrons. The quantitative estimate of drug-likeness (QED) is 0.189. The average molecular weight is 562 g/mol. The Bertz CT molecular complexity index is 1370. The third-order valence-corrected chi connectivity index (χ3v) is 8.05. The van der Waals surface area contributed by atoms with Crippen LogP contribution in [0.15, 0.2) is 40.7 Å². The molecule has 2 fully saturated rings. The number of aromatic nitrogens is 5. The standard InChI is InChI=1S/C29H35N7O3S/c1-5-40-22-9-8-20(30-14-22)13-31-27(17(2)37)36-24-15-32-28(35-23(24)12-18-10-21(11-18)38-3)25-26(19-6-7-19)33-16-34-29(25)39-4/h8-9,14-16,18-19,21H,5-7,10-13H2,1-4H3,(H,31,36). The second-order valence-corrected chi connectivity index (χ2v) is 11.5. The molecule has 0 aliphatic heterocycles. The number of hydrogen-bond donors (Lipinski definition) is 1. The van der Waals surface area contributed by atoms with Crippen LogP contribution in [-0.2, 0) is 22.5 Å². The van der Waals surface area contributed by atoms with Gasteiger partial charge >= 0.3 is 0 Å². The van der Waals surface area contributed by atoms with Crippen LogP contribution in [0.2, 0.25) is 0 Å². The number of nitrogens with zero attached hydrogens (tertiary/aromatic N) is 6. The minimum absolute atomic E-state index is 0.176. The van der Waals surface area contributed by atoms with E-state index in [1.807, 2.05) is 18.3 Å². The van der Waals surface area contributed by atoms with Crippen molar-refractivity contribution < 1.29 is 14.3 Å². The molecule has 0 bridgehead atoms. The molecular formula is C29H35N7O3S. The summed E-state index contributed by atoms with van der Waals surface area (Å²) in [6, 6.07) is 4.00. The summed E-state index contributed by atoms with van der Waals surface area (Å²) in [5.41, 5.74) is 3.81. The summed E-state index contributed by atoms with van der Waals surface area (Å²) in [6.45, 7) is 3.99. The Morgan fingerprint density at radius 2 is 1.95 bits per heavy atom. The zero-order chi connectivity index (χ0) is 28.1. The predicted molar refractivity (Wildman–Crippen MR) is 154 cm³/mol. The van der Waals surface area contributed by atoms with Gasteiger partial charge in [-0.15, -0.1) is 11.8 Å². The number of amidine groups is 1. The number of thioether (sulfide) groups is 1. The maximum absolute atomic E-state index is 12.6. The summed E-state index contributed by atoms with van der Waals surface area (Å²) < 4.78 is 11.1. The van der Waals surface area contributed by atoms with Crippen molar-refractivity contribution in [3.05, 3.63) is 47.9 Å². The van der Waals surface area contributed by atoms with E-state index in [-0.39, 0.29) is 17.7 Å². The number of Topliss-reactive ketones (excluding diaryl/α,β-unsaturated/α-hetero) is 1. The van der Waals surface area contributed by atoms with Gasteiger partial charge in [0.15, 0.2) is 17.4 Å². The number of pyridine rings is 1. The largest absolute Gasteiger partial charge is 0.480 e. The number of nitrogens with one attached hydrogen (secondary N) is 1. The summed E-state index contributed by atoms with van der Waals surface area (Å²) in [5.74, 6) is 2.81. The van der Waals surface area contributed by atoms with Gasteiger partial charge in [0.1, 0.15) is 17.6 Å². The molecule has 0 radical (unpaired) electrons. The number of carbonyl (C=O) groups is 1. The Morgan fingerprint density at radius 3 is 2.60 bits per heavy atom. The van der Waals surface area contributed by atoms with E-state index >= 15 is 0 Å². The summed E-state index contributed by atoms with van der Waals surface area (Å²) in [6.07, 6.45) is 10.1. The SMILES string of the molecule is CCSc1ccc(CN/C(=N/c2cnc(-c3c(OC)ncnc3C3CC3)nc2CC2CC(OC)C2)C(C)=O)nc1. The molecule has 3 aromatic heterocycles. The zero-order valence-corrected chi connectivity index (χ0v) is 24.2. The van der Waals surface area contributed by atoms with E-state index in [2.05, 4.69) is 32.2 Å². The Kier molecular flexibility index (Phi) is 9.01. The fourth-order valence-corrected chi connectivity index (χ4v) is 5.43. The zero-order valence-electron chi connectivity index (χ0n) is 23.4. The van der Waals surface area contributed by atoms with Crippen LogP contribution in [0.3, 0.4) is 0 Å². The molecule has 0 spiro atoms. The van der Waals surface area contributed by atoms with Gasteiger partial charge in [-0.2, -0.15) is 0 Å². The lowest BCUT2D eigenvalue weighted by Crippen LogP contribution is -2.32. The van der Waals surface area contributed by atoms with Crippen LogP contribution < -0.4 is 10.1 Å². The summed E-state index contributed by atoms with van der Waals surface area (Å²) in [7, 11) is 3.34. The van der Waals surface area contributed by atoms with Crippen molar-refractivity contribution in [1.82, 2.24) is 30.2 Å². The molecule has 10 nitrogen and oxygen atoms in total. The molecule has 2 saturated carbocycles. The van der Waals surface area contributed by atoms with E-state index in [0.717, 1.165) is 59.0 Å². The van der Waals surface area contributed by atoms with Crippen molar-refractivity contribution >= 4 is 29.1 Å². The molecule has 40 heavy (non-hydrogen) atoms. The summed E-state index contributed by atoms with van der Waals surface area (Å²) in [5, 5.41) is 3.17. The first kappa shape index (κ1) is 28.1. The van der Waals surface area contributed by atoms with Crippen molar-refractivity contribution in [1.29, 1.82) is 0 Å². The van der Waals surface area contributed by atoms with Gasteiger partial charge in [0.2, 0.25) is 5.88 Å². The lowest BCUT2D eigenvalue weighted by atomic mass is 9.79. The Labute approximate surface area is 238 Å². The second-order valence-electron chi connectivity index (χ2n) is 10.1. The molecule has 0 amide bonds. The van der Waals surface area contributed by atoms with Crippen LogP contribution in [0.4, 0.5) is 5.69 Å². The number of carbonyl (C=O) groups excluding carboxylic acids is 1. The highest BCUT2D eigenvalue weighted by atomic mass is 32.2. The average Bonchev–Trinajstić information content (AvgIpc) is 3.79. The predicted octanol–water partition coefficient (Wildman–Crippen LogP) is 4.70. The Hall–Kier alpha value is -3.44. The van der Waals surface area contributed by atoms with E-state index in [9.17, 15) is 4.79 Å². The molecule has 3 aromatic rings. The van der Waals surface area contributed by atoms with Crippen molar-refractivity contribution in [3.63, 3.8) is 0 Å². The molecule has 5 rings (SSSR count). The van der Waals surface area contributed by atoms with Crippen molar-refractivity contribution in [2.75, 3.05) is 20.0 Å². The normalized spacial score (nSPS) is 18.8. The van der Waals surface area contributed by atoms with Crippen LogP contribution >= 0.6 is 11.8 Å². The molecule has 1 N–H and O–H groups in total. The molecule has 0 atom stereocenters. The van der Waals surface area contributed by atoms with Gasteiger partial charge in [0.05, 0.1) is 43.0 Å². The molecule has 11 heteroatoms. The minimum atomic E-state index is -0.176. The van der Waals surface area contributed by atoms with Crippen LogP contribution in [0.1, 0.15) is 62.5 Å². The topological polar surface area (TPSA) is 124 Å². The lowest BCUT2D eigenvalue weighted by molar-refractivity contribution is -0.111. The van der Waals surface area contributed by atoms with Crippen molar-refractivity contribution in [3.8, 4) is 17.3 Å². The van der Waals surface area contributed by atoms with E-state index in [4.69, 9.17) is 19.5 Å². The highest BCUT2D eigenvalue weighted by molar-refractivity contribution is 7.99. The van der Waals surface area contributed by atoms with E-state index in [0.29, 0.717) is 42.2 Å². The van der Waals surface area contributed by atoms with Crippen LogP contribution in [-0.4, -0.2) is 62.6 Å². The maximum Gasteiger partial charge on any atom is 0.227 e. The third kappa shape index (κ3) is 6.64. The van der Waals surface area contributed by atoms with E-state index in [1.54, 1.807) is 32.2 Å². The van der Waals surface area contributed by atoms with Gasteiger partial charge in [-0.25, -0.2) is 24.9 Å². The number of ether oxygens (including phenoxy) is 2. The first-order chi connectivity index (χ1) is 19.5. The van der Waals surface area contributed by atoms with E-state index < -0.39 is 0 Å². The molecule has 0 aromatic carbocycles. The first-order valence-electron chi connectivity index (χ1n) is 13.7. The molecule has 3 heterocycles. The summed E-state index contributed by atoms with van der Waals surface area (Å²) >= 11 is 1.74. The van der Waals surface area contributed by atoms with Crippen LogP contribution in [0.25, 0.3) is 11.4 Å². The molecule has 2 aliphatic rings. The first-order valence-corrected chi connectivity index (χ1v) is 14.7. The Morgan fingerprint density at radius 1 is 1.12 bits per heavy atom. The number of methoxy groups -OCH3 is 2. The smallest absolute Gasteiger partial charge is 0.227 e. The third-order valence-electron chi connectivity index (χ3n) is 7.19. The Balaban J connectivity index is 1.45. The second kappa shape index (κ2) is 12.8. The van der Waals surface area contributed by atoms with Gasteiger partial charge in [0.25, 0.3) is 0 Å². The van der Waals surface area contributed by atoms with Crippen molar-refractivity contribution in [2.24, 2.45) is 10.9 Å². The molecule has 2 aliphatic carbocycles. The van der Waals surface area contributed by atoms with Gasteiger partial charge in [0, 0.05) is 31.0 Å². The lowest BCUT2D eigenvalue weighted by Gasteiger charge is -2.34. The van der Waals surface area contributed by atoms with Crippen LogP contribution in [0.5, 0.6) is 5.88 Å². The summed E-state index contributed by atoms with van der Waals surface area (Å²) in [4.78, 5) is 41.5. The number of hydrogen-bond acceptors (Lipinski definition) is 10. The van der Waals surface area contributed by atoms with Crippen molar-refractivity contribution in [2.45, 2.75) is 69.4 Å². The molecular weight excluding hydrogens is 526 g/mol. The fourth-order valence-electron chi connectivity index (χ4n) is 4.80. The number of rotatable bonds is 12. The highest BCUT2D eigenvalue weighted by Crippen LogP contribution is 2.45. The van der Waals surface area contributed by atoms with E-state index in [1.165, 1.54) is 13.3 Å². The van der Waals surface area contributed by atoms with Gasteiger partial charge in [-0.05, 0) is 55.9 Å². The van der Waals surface area contributed by atoms with Gasteiger partial charge < -0.3 is 14.8 Å². The number of ketones is 1. The fraction of sp³-hybridized carbons (Fsp3) is 0.483. The van der Waals surface area contributed by atoms with Gasteiger partial charge in [-0.1, -0.05) is 6.92 Å². The van der Waals surface area contributed by atoms with Gasteiger partial charge in [-0.3, -0.25) is 9.78 Å². The molecule has 0 saturated heterocycles. The highest BCUT2D eigenvalue weighted by Gasteiger charge is 2.33. The maximum atomic E-state index is 12.6. The monoisotopic (exact) mass is 561 g/mol. The number of aliphatic imine (C=N–C) groups is 1.